The molecule has 256 valence electrons. The molecular formula is C39H74BrK2O3+. The van der Waals surface area contributed by atoms with Gasteiger partial charge in [-0.3, -0.25) is 4.79 Å². The second-order valence-electron chi connectivity index (χ2n) is 12.4. The van der Waals surface area contributed by atoms with E-state index in [9.17, 15) is 9.90 Å². The van der Waals surface area contributed by atoms with Gasteiger partial charge in [0, 0.05) is 6.92 Å². The molecule has 45 heavy (non-hydrogen) atoms. The van der Waals surface area contributed by atoms with E-state index in [1.807, 2.05) is 66.7 Å². The van der Waals surface area contributed by atoms with Crippen LogP contribution in [0.4, 0.5) is 0 Å². The van der Waals surface area contributed by atoms with Crippen molar-refractivity contribution < 1.29 is 119 Å². The summed E-state index contributed by atoms with van der Waals surface area (Å²) in [5, 5.41) is 9.91. The third-order valence-corrected chi connectivity index (χ3v) is 10.8. The van der Waals surface area contributed by atoms with Crippen molar-refractivity contribution in [2.24, 2.45) is 35.5 Å². The fraction of sp³-hybridized carbons (Fsp3) is 0.718. The van der Waals surface area contributed by atoms with Crippen LogP contribution in [0.3, 0.4) is 0 Å². The van der Waals surface area contributed by atoms with Crippen LogP contribution in [-0.2, 0) is 9.53 Å². The first-order chi connectivity index (χ1) is 19.1. The summed E-state index contributed by atoms with van der Waals surface area (Å²) < 4.78 is 5.59. The van der Waals surface area contributed by atoms with Gasteiger partial charge in [-0.05, 0) is 145 Å². The fourth-order valence-electron chi connectivity index (χ4n) is 5.04. The molecule has 0 saturated heterocycles. The summed E-state index contributed by atoms with van der Waals surface area (Å²) in [7, 11) is 0. The Kier molecular flexibility index (Phi) is 40.3. The van der Waals surface area contributed by atoms with E-state index in [2.05, 4.69) is 89.9 Å². The predicted octanol–water partition coefficient (Wildman–Crippen LogP) is 6.79. The van der Waals surface area contributed by atoms with Crippen LogP contribution in [-0.4, -0.2) is 23.3 Å². The van der Waals surface area contributed by atoms with E-state index in [0.29, 0.717) is 12.5 Å². The number of rotatable bonds is 3. The molecule has 0 aromatic heterocycles. The Morgan fingerprint density at radius 2 is 1.00 bits per heavy atom. The maximum absolute atomic E-state index is 9.91. The predicted molar refractivity (Wildman–Crippen MR) is 200 cm³/mol. The summed E-state index contributed by atoms with van der Waals surface area (Å²) in [6.45, 7) is 40.4. The molecule has 0 aliphatic heterocycles. The van der Waals surface area contributed by atoms with Gasteiger partial charge in [-0.2, -0.15) is 0 Å². The zero-order valence-corrected chi connectivity index (χ0v) is 40.9. The topological polar surface area (TPSA) is 46.5 Å². The number of carbonyl (C=O) groups excluding carboxylic acids is 1. The van der Waals surface area contributed by atoms with E-state index < -0.39 is 5.60 Å². The van der Waals surface area contributed by atoms with Crippen molar-refractivity contribution in [2.45, 2.75) is 145 Å². The first kappa shape index (κ1) is 59.1. The van der Waals surface area contributed by atoms with E-state index in [-0.39, 0.29) is 118 Å². The van der Waals surface area contributed by atoms with E-state index >= 15 is 0 Å². The molecule has 3 nitrogen and oxygen atoms in total. The van der Waals surface area contributed by atoms with Crippen LogP contribution in [0.25, 0.3) is 0 Å². The van der Waals surface area contributed by atoms with Gasteiger partial charge in [-0.15, -0.1) is 0 Å². The number of esters is 1. The Hall–Kier alpha value is 1.88. The normalized spacial score (nSPS) is 24.3. The Morgan fingerprint density at radius 1 is 0.756 bits per heavy atom. The SMILES string of the molecule is C.C/C=C(/C)C(C)(O)/C(C)=C\C.C/C=C(\C)Br.CC1=C(C)C(C)C(C)=C1C.CC1C(C)C(C)C(C)C1C.CCOC(C)=O.[H-].[K+].[K+]. The Bertz CT molecular complexity index is 887. The van der Waals surface area contributed by atoms with Crippen LogP contribution >= 0.6 is 15.9 Å². The molecule has 0 aromatic rings. The third kappa shape index (κ3) is 22.3. The van der Waals surface area contributed by atoms with Crippen molar-refractivity contribution in [2.75, 3.05) is 6.61 Å². The summed E-state index contributed by atoms with van der Waals surface area (Å²) in [5.74, 6) is 5.16. The Balaban J connectivity index is -0.0000000830. The zero-order chi connectivity index (χ0) is 34.1. The van der Waals surface area contributed by atoms with Crippen LogP contribution in [0, 0.1) is 35.5 Å². The summed E-state index contributed by atoms with van der Waals surface area (Å²) in [5.41, 5.74) is 7.34. The van der Waals surface area contributed by atoms with Crippen molar-refractivity contribution >= 4 is 21.9 Å². The van der Waals surface area contributed by atoms with Gasteiger partial charge in [0.1, 0.15) is 5.60 Å². The van der Waals surface area contributed by atoms with E-state index in [4.69, 9.17) is 0 Å². The maximum atomic E-state index is 9.91. The molecule has 0 heterocycles. The molecule has 1 saturated carbocycles. The summed E-state index contributed by atoms with van der Waals surface area (Å²) in [4.78, 5) is 9.82. The first-order valence-electron chi connectivity index (χ1n) is 15.9. The summed E-state index contributed by atoms with van der Waals surface area (Å²) in [6.07, 6.45) is 5.88. The Labute approximate surface area is 377 Å². The van der Waals surface area contributed by atoms with Crippen LogP contribution in [0.15, 0.2) is 56.1 Å². The first-order valence-corrected chi connectivity index (χ1v) is 16.7. The van der Waals surface area contributed by atoms with Crippen LogP contribution in [0.1, 0.15) is 140 Å². The average Bonchev–Trinajstić information content (AvgIpc) is 3.22. The van der Waals surface area contributed by atoms with E-state index in [1.165, 1.54) is 22.6 Å². The van der Waals surface area contributed by atoms with Crippen molar-refractivity contribution in [1.29, 1.82) is 0 Å². The van der Waals surface area contributed by atoms with Gasteiger partial charge < -0.3 is 11.3 Å². The summed E-state index contributed by atoms with van der Waals surface area (Å²) in [6, 6.07) is 0. The van der Waals surface area contributed by atoms with E-state index in [1.54, 1.807) is 18.1 Å². The largest absolute Gasteiger partial charge is 1.00 e. The molecule has 0 spiro atoms. The molecule has 1 fully saturated rings. The number of aliphatic hydroxyl groups is 1. The van der Waals surface area contributed by atoms with Gasteiger partial charge in [0.15, 0.2) is 0 Å². The standard InChI is InChI=1S/C10H18O.C10H20.C10H16.C4H7Br.C4H8O2.CH4.2K.H/c1-6-8(3)10(5,11)9(4)7-2;2*1-6-7(2)9(4)10(5)8(6)3;1-3-4(2)5;1-3-6-4(2)5;;;;/h6-7,11H,1-5H3;6-10H,1-5H3;6H,1-5H3;3H,1-2H3;3H2,1-2H3;1H4;;;/q;;;;;;2*+1;-1/b8-6-,9-7-;;;4-3+;;;;;. The van der Waals surface area contributed by atoms with Crippen molar-refractivity contribution in [3.63, 3.8) is 0 Å². The van der Waals surface area contributed by atoms with Crippen LogP contribution < -0.4 is 103 Å². The van der Waals surface area contributed by atoms with Gasteiger partial charge in [0.25, 0.3) is 0 Å². The van der Waals surface area contributed by atoms with E-state index in [0.717, 1.165) is 40.7 Å². The van der Waals surface area contributed by atoms with Crippen LogP contribution in [0.5, 0.6) is 0 Å². The minimum Gasteiger partial charge on any atom is -1.00 e. The molecule has 0 radical (unpaired) electrons. The van der Waals surface area contributed by atoms with Gasteiger partial charge in [0.05, 0.1) is 6.61 Å². The zero-order valence-electron chi connectivity index (χ0n) is 34.0. The minimum atomic E-state index is -0.760. The van der Waals surface area contributed by atoms with Gasteiger partial charge in [-0.25, -0.2) is 0 Å². The molecule has 0 atom stereocenters. The number of hydrogen-bond donors (Lipinski definition) is 1. The van der Waals surface area contributed by atoms with Crippen molar-refractivity contribution in [1.82, 2.24) is 0 Å². The number of ether oxygens (including phenoxy) is 1. The number of allylic oxidation sites excluding steroid dienone is 8. The third-order valence-electron chi connectivity index (χ3n) is 10.3. The number of halogens is 1. The molecule has 0 unspecified atom stereocenters. The average molecular weight is 749 g/mol. The molecule has 0 aromatic carbocycles. The summed E-state index contributed by atoms with van der Waals surface area (Å²) >= 11 is 3.23. The minimum absolute atomic E-state index is 0. The molecule has 2 aliphatic rings. The molecule has 0 bridgehead atoms. The smallest absolute Gasteiger partial charge is 1.00 e. The molecule has 2 aliphatic carbocycles. The van der Waals surface area contributed by atoms with Gasteiger partial charge >= 0.3 is 109 Å². The van der Waals surface area contributed by atoms with Gasteiger partial charge in [0.2, 0.25) is 0 Å². The molecule has 0 amide bonds. The maximum Gasteiger partial charge on any atom is 1.00 e. The monoisotopic (exact) mass is 747 g/mol. The Morgan fingerprint density at radius 3 is 1.09 bits per heavy atom. The second-order valence-corrected chi connectivity index (χ2v) is 13.7. The fourth-order valence-corrected chi connectivity index (χ4v) is 5.04. The van der Waals surface area contributed by atoms with Gasteiger partial charge in [-0.1, -0.05) is 94.3 Å². The molecular weight excluding hydrogens is 675 g/mol. The van der Waals surface area contributed by atoms with Crippen molar-refractivity contribution in [3.05, 3.63) is 56.1 Å². The molecule has 2 rings (SSSR count). The van der Waals surface area contributed by atoms with Crippen molar-refractivity contribution in [3.8, 4) is 0 Å². The number of carbonyl (C=O) groups is 1. The quantitative estimate of drug-likeness (QED) is 0.197. The number of hydrogen-bond acceptors (Lipinski definition) is 3. The second kappa shape index (κ2) is 30.7. The molecule has 1 N–H and O–H groups in total. The molecule has 6 heteroatoms. The van der Waals surface area contributed by atoms with Crippen LogP contribution in [0.2, 0.25) is 0 Å².